The van der Waals surface area contributed by atoms with Crippen molar-refractivity contribution in [3.8, 4) is 0 Å². The zero-order valence-electron chi connectivity index (χ0n) is 10.6. The topological polar surface area (TPSA) is 66.4 Å². The third-order valence-electron chi connectivity index (χ3n) is 3.04. The Labute approximate surface area is 119 Å². The van der Waals surface area contributed by atoms with E-state index < -0.39 is 0 Å². The zero-order chi connectivity index (χ0) is 13.9. The fourth-order valence-corrected chi connectivity index (χ4v) is 2.74. The second-order valence-corrected chi connectivity index (χ2v) is 5.27. The van der Waals surface area contributed by atoms with Crippen molar-refractivity contribution in [2.24, 2.45) is 0 Å². The lowest BCUT2D eigenvalue weighted by Gasteiger charge is -2.31. The number of amides is 2. The first kappa shape index (κ1) is 12.9. The zero-order valence-corrected chi connectivity index (χ0v) is 11.4. The summed E-state index contributed by atoms with van der Waals surface area (Å²) in [6.45, 7) is 1.03. The third-order valence-corrected chi connectivity index (χ3v) is 3.69. The van der Waals surface area contributed by atoms with Gasteiger partial charge in [-0.15, -0.1) is 5.10 Å². The molecule has 0 bridgehead atoms. The minimum Gasteiger partial charge on any atom is -0.281 e. The van der Waals surface area contributed by atoms with Crippen LogP contribution >= 0.6 is 11.5 Å². The Hall–Kier alpha value is -2.12. The van der Waals surface area contributed by atoms with Gasteiger partial charge in [0.25, 0.3) is 0 Å². The quantitative estimate of drug-likeness (QED) is 0.786. The van der Waals surface area contributed by atoms with Crippen molar-refractivity contribution >= 4 is 28.3 Å². The van der Waals surface area contributed by atoms with Gasteiger partial charge in [0, 0.05) is 18.1 Å². The number of hydrogen-bond donors (Lipinski definition) is 0. The predicted octanol–water partition coefficient (Wildman–Crippen LogP) is 0.914. The molecule has 1 aliphatic heterocycles. The summed E-state index contributed by atoms with van der Waals surface area (Å²) in [4.78, 5) is 27.2. The van der Waals surface area contributed by atoms with Crippen LogP contribution in [0.25, 0.3) is 0 Å². The first-order valence-electron chi connectivity index (χ1n) is 6.13. The molecule has 0 aliphatic carbocycles. The molecule has 0 N–H and O–H groups in total. The van der Waals surface area contributed by atoms with E-state index in [-0.39, 0.29) is 24.9 Å². The molecule has 1 saturated heterocycles. The average molecular weight is 288 g/mol. The standard InChI is InChI=1S/C13H12N4O2S/c18-11-8-16(7-10-4-2-1-3-5-10)9-12(19)17(11)13-6-14-15-20-13/h1-6H,7-9H2. The van der Waals surface area contributed by atoms with E-state index >= 15 is 0 Å². The molecule has 1 aliphatic rings. The molecule has 1 aromatic carbocycles. The molecule has 2 heterocycles. The van der Waals surface area contributed by atoms with Crippen molar-refractivity contribution in [3.63, 3.8) is 0 Å². The summed E-state index contributed by atoms with van der Waals surface area (Å²) >= 11 is 1.05. The summed E-state index contributed by atoms with van der Waals surface area (Å²) in [6.07, 6.45) is 1.44. The first-order chi connectivity index (χ1) is 9.74. The molecule has 2 aromatic rings. The molecule has 6 nitrogen and oxygen atoms in total. The van der Waals surface area contributed by atoms with Crippen molar-refractivity contribution in [1.82, 2.24) is 14.5 Å². The van der Waals surface area contributed by atoms with Gasteiger partial charge in [-0.05, 0) is 5.56 Å². The molecular formula is C13H12N4O2S. The van der Waals surface area contributed by atoms with Gasteiger partial charge in [0.1, 0.15) is 5.00 Å². The van der Waals surface area contributed by atoms with E-state index in [2.05, 4.69) is 9.59 Å². The number of carbonyl (C=O) groups is 2. The molecule has 0 unspecified atom stereocenters. The Bertz CT molecular complexity index is 597. The van der Waals surface area contributed by atoms with Crippen LogP contribution in [-0.4, -0.2) is 39.4 Å². The van der Waals surface area contributed by atoms with Gasteiger partial charge in [-0.3, -0.25) is 14.5 Å². The Kier molecular flexibility index (Phi) is 3.53. The molecule has 0 saturated carbocycles. The lowest BCUT2D eigenvalue weighted by Crippen LogP contribution is -2.53. The van der Waals surface area contributed by atoms with Gasteiger partial charge in [-0.2, -0.15) is 0 Å². The van der Waals surface area contributed by atoms with Gasteiger partial charge < -0.3 is 0 Å². The van der Waals surface area contributed by atoms with E-state index in [1.165, 1.54) is 11.1 Å². The summed E-state index contributed by atoms with van der Waals surface area (Å²) in [5, 5.41) is 4.15. The predicted molar refractivity (Wildman–Crippen MR) is 74.1 cm³/mol. The van der Waals surface area contributed by atoms with E-state index in [1.807, 2.05) is 35.2 Å². The van der Waals surface area contributed by atoms with Gasteiger partial charge in [-0.1, -0.05) is 34.8 Å². The second kappa shape index (κ2) is 5.48. The monoisotopic (exact) mass is 288 g/mol. The Balaban J connectivity index is 1.72. The van der Waals surface area contributed by atoms with Crippen LogP contribution in [0.1, 0.15) is 5.56 Å². The summed E-state index contributed by atoms with van der Waals surface area (Å²) in [5.41, 5.74) is 1.08. The Morgan fingerprint density at radius 3 is 2.40 bits per heavy atom. The van der Waals surface area contributed by atoms with Crippen molar-refractivity contribution in [3.05, 3.63) is 42.1 Å². The number of rotatable bonds is 3. The Morgan fingerprint density at radius 2 is 1.80 bits per heavy atom. The lowest BCUT2D eigenvalue weighted by atomic mass is 10.2. The van der Waals surface area contributed by atoms with E-state index in [9.17, 15) is 9.59 Å². The van der Waals surface area contributed by atoms with Gasteiger partial charge >= 0.3 is 0 Å². The molecule has 20 heavy (non-hydrogen) atoms. The summed E-state index contributed by atoms with van der Waals surface area (Å²) < 4.78 is 3.68. The number of piperazine rings is 1. The molecule has 2 amide bonds. The second-order valence-electron chi connectivity index (χ2n) is 4.51. The van der Waals surface area contributed by atoms with Crippen LogP contribution in [0, 0.1) is 0 Å². The maximum absolute atomic E-state index is 12.1. The van der Waals surface area contributed by atoms with Crippen LogP contribution in [-0.2, 0) is 16.1 Å². The SMILES string of the molecule is O=C1CN(Cc2ccccc2)CC(=O)N1c1cnns1. The number of carbonyl (C=O) groups excluding carboxylic acids is 2. The minimum atomic E-state index is -0.233. The van der Waals surface area contributed by atoms with Gasteiger partial charge in [-0.25, -0.2) is 4.90 Å². The van der Waals surface area contributed by atoms with Crippen LogP contribution in [0.5, 0.6) is 0 Å². The lowest BCUT2D eigenvalue weighted by molar-refractivity contribution is -0.132. The summed E-state index contributed by atoms with van der Waals surface area (Å²) in [6, 6.07) is 9.79. The molecule has 0 radical (unpaired) electrons. The first-order valence-corrected chi connectivity index (χ1v) is 6.91. The van der Waals surface area contributed by atoms with Crippen LogP contribution in [0.3, 0.4) is 0 Å². The molecule has 1 aromatic heterocycles. The highest BCUT2D eigenvalue weighted by atomic mass is 32.1. The Morgan fingerprint density at radius 1 is 1.10 bits per heavy atom. The molecule has 1 fully saturated rings. The normalized spacial score (nSPS) is 16.7. The number of imide groups is 1. The van der Waals surface area contributed by atoms with Crippen molar-refractivity contribution in [2.45, 2.75) is 6.54 Å². The highest BCUT2D eigenvalue weighted by molar-refractivity contribution is 7.10. The van der Waals surface area contributed by atoms with Crippen molar-refractivity contribution in [1.29, 1.82) is 0 Å². The molecule has 0 spiro atoms. The van der Waals surface area contributed by atoms with Crippen LogP contribution < -0.4 is 4.90 Å². The van der Waals surface area contributed by atoms with Gasteiger partial charge in [0.2, 0.25) is 11.8 Å². The minimum absolute atomic E-state index is 0.221. The highest BCUT2D eigenvalue weighted by Crippen LogP contribution is 2.21. The maximum atomic E-state index is 12.1. The highest BCUT2D eigenvalue weighted by Gasteiger charge is 2.33. The molecule has 0 atom stereocenters. The summed E-state index contributed by atoms with van der Waals surface area (Å²) in [7, 11) is 0. The molecule has 7 heteroatoms. The third kappa shape index (κ3) is 2.59. The van der Waals surface area contributed by atoms with Gasteiger partial charge in [0.15, 0.2) is 0 Å². The smallest absolute Gasteiger partial charge is 0.248 e. The maximum Gasteiger partial charge on any atom is 0.248 e. The number of benzene rings is 1. The number of aromatic nitrogens is 2. The van der Waals surface area contributed by atoms with Crippen molar-refractivity contribution < 1.29 is 9.59 Å². The van der Waals surface area contributed by atoms with Crippen LogP contribution in [0.2, 0.25) is 0 Å². The fraction of sp³-hybridized carbons (Fsp3) is 0.231. The van der Waals surface area contributed by atoms with Crippen LogP contribution in [0.15, 0.2) is 36.5 Å². The number of nitrogens with zero attached hydrogens (tertiary/aromatic N) is 4. The summed E-state index contributed by atoms with van der Waals surface area (Å²) in [5.74, 6) is -0.466. The van der Waals surface area contributed by atoms with E-state index in [0.29, 0.717) is 11.5 Å². The van der Waals surface area contributed by atoms with Gasteiger partial charge in [0.05, 0.1) is 19.3 Å². The van der Waals surface area contributed by atoms with E-state index in [1.54, 1.807) is 0 Å². The van der Waals surface area contributed by atoms with E-state index in [0.717, 1.165) is 17.1 Å². The average Bonchev–Trinajstić information content (AvgIpc) is 2.93. The largest absolute Gasteiger partial charge is 0.281 e. The molecular weight excluding hydrogens is 276 g/mol. The van der Waals surface area contributed by atoms with Crippen LogP contribution in [0.4, 0.5) is 5.00 Å². The van der Waals surface area contributed by atoms with Crippen molar-refractivity contribution in [2.75, 3.05) is 18.0 Å². The van der Waals surface area contributed by atoms with E-state index in [4.69, 9.17) is 0 Å². The number of anilines is 1. The number of hydrogen-bond acceptors (Lipinski definition) is 6. The fourth-order valence-electron chi connectivity index (χ4n) is 2.18. The molecule has 102 valence electrons. The molecule has 3 rings (SSSR count).